The van der Waals surface area contributed by atoms with Gasteiger partial charge in [-0.3, -0.25) is 20.1 Å². The molecule has 1 aromatic rings. The molecule has 2 heterocycles. The van der Waals surface area contributed by atoms with Crippen molar-refractivity contribution in [3.63, 3.8) is 0 Å². The van der Waals surface area contributed by atoms with Crippen LogP contribution in [0.2, 0.25) is 0 Å². The Balaban J connectivity index is 2.12. The average molecular weight is 318 g/mol. The normalized spacial score (nSPS) is 19.5. The van der Waals surface area contributed by atoms with Crippen LogP contribution in [0.4, 0.5) is 5.69 Å². The summed E-state index contributed by atoms with van der Waals surface area (Å²) in [6.07, 6.45) is 0.996. The van der Waals surface area contributed by atoms with Crippen molar-refractivity contribution in [2.24, 2.45) is 9.98 Å². The Morgan fingerprint density at radius 2 is 2.18 bits per heavy atom. The maximum atomic E-state index is 11.0. The van der Waals surface area contributed by atoms with Crippen LogP contribution in [-0.2, 0) is 0 Å². The number of nitro groups is 1. The molecule has 0 saturated heterocycles. The molecule has 2 aliphatic rings. The number of thioether (sulfide) groups is 1. The van der Waals surface area contributed by atoms with E-state index in [1.54, 1.807) is 18.2 Å². The minimum atomic E-state index is -0.365. The van der Waals surface area contributed by atoms with Crippen molar-refractivity contribution in [2.45, 2.75) is 37.6 Å². The quantitative estimate of drug-likeness (QED) is 0.588. The molecular weight excluding hydrogens is 300 g/mol. The van der Waals surface area contributed by atoms with Crippen molar-refractivity contribution in [1.29, 1.82) is 0 Å². The summed E-state index contributed by atoms with van der Waals surface area (Å²) in [5.41, 5.74) is 0.859. The van der Waals surface area contributed by atoms with Gasteiger partial charge in [-0.25, -0.2) is 0 Å². The second-order valence-electron chi connectivity index (χ2n) is 6.32. The molecule has 0 spiro atoms. The molecule has 0 N–H and O–H groups in total. The van der Waals surface area contributed by atoms with Crippen LogP contribution >= 0.6 is 11.8 Å². The van der Waals surface area contributed by atoms with Crippen LogP contribution in [0.15, 0.2) is 33.1 Å². The van der Waals surface area contributed by atoms with E-state index in [4.69, 9.17) is 4.99 Å². The van der Waals surface area contributed by atoms with Crippen LogP contribution in [0, 0.1) is 10.1 Å². The highest BCUT2D eigenvalue weighted by Crippen LogP contribution is 2.37. The fourth-order valence-corrected chi connectivity index (χ4v) is 3.69. The van der Waals surface area contributed by atoms with Crippen LogP contribution in [0.25, 0.3) is 0 Å². The van der Waals surface area contributed by atoms with Gasteiger partial charge in [-0.05, 0) is 33.3 Å². The molecule has 0 saturated carbocycles. The molecule has 0 amide bonds. The van der Waals surface area contributed by atoms with Crippen LogP contribution in [0.3, 0.4) is 0 Å². The van der Waals surface area contributed by atoms with Crippen molar-refractivity contribution < 1.29 is 4.92 Å². The number of hydrogen-bond acceptors (Lipinski definition) is 5. The number of amidine groups is 2. The van der Waals surface area contributed by atoms with Gasteiger partial charge < -0.3 is 4.90 Å². The molecule has 6 nitrogen and oxygen atoms in total. The third kappa shape index (κ3) is 2.85. The third-order valence-electron chi connectivity index (χ3n) is 3.34. The standard InChI is InChI=1S/C15H18N4O2S/c1-15(2,3)17-14-18-8-4-7-16-13(18)11-6-5-10(19(20)21)9-12(11)22-14/h5-6,9H,4,7-8H2,1-3H3. The summed E-state index contributed by atoms with van der Waals surface area (Å²) in [7, 11) is 0. The van der Waals surface area contributed by atoms with Gasteiger partial charge in [-0.2, -0.15) is 0 Å². The number of nitrogens with zero attached hydrogens (tertiary/aromatic N) is 4. The third-order valence-corrected chi connectivity index (χ3v) is 4.39. The number of nitro benzene ring substituents is 1. The maximum Gasteiger partial charge on any atom is 0.270 e. The lowest BCUT2D eigenvalue weighted by atomic mass is 10.1. The molecule has 7 heteroatoms. The van der Waals surface area contributed by atoms with E-state index in [0.717, 1.165) is 41.0 Å². The summed E-state index contributed by atoms with van der Waals surface area (Å²) in [6.45, 7) is 7.81. The lowest BCUT2D eigenvalue weighted by molar-refractivity contribution is -0.385. The first-order chi connectivity index (χ1) is 10.3. The highest BCUT2D eigenvalue weighted by atomic mass is 32.2. The zero-order chi connectivity index (χ0) is 15.9. The molecule has 2 aliphatic heterocycles. The van der Waals surface area contributed by atoms with E-state index in [0.29, 0.717) is 0 Å². The number of benzene rings is 1. The number of hydrogen-bond donors (Lipinski definition) is 0. The molecule has 0 unspecified atom stereocenters. The molecule has 1 aromatic carbocycles. The van der Waals surface area contributed by atoms with Gasteiger partial charge in [0, 0.05) is 35.7 Å². The Kier molecular flexibility index (Phi) is 3.68. The van der Waals surface area contributed by atoms with Gasteiger partial charge in [0.05, 0.1) is 10.5 Å². The Morgan fingerprint density at radius 1 is 1.41 bits per heavy atom. The van der Waals surface area contributed by atoms with Gasteiger partial charge in [-0.15, -0.1) is 0 Å². The first-order valence-corrected chi connectivity index (χ1v) is 8.05. The Labute approximate surface area is 133 Å². The van der Waals surface area contributed by atoms with Gasteiger partial charge in [0.15, 0.2) is 5.17 Å². The van der Waals surface area contributed by atoms with E-state index in [2.05, 4.69) is 9.89 Å². The van der Waals surface area contributed by atoms with E-state index in [-0.39, 0.29) is 16.1 Å². The van der Waals surface area contributed by atoms with E-state index in [9.17, 15) is 10.1 Å². The summed E-state index contributed by atoms with van der Waals surface area (Å²) in [5, 5.41) is 11.9. The predicted molar refractivity (Wildman–Crippen MR) is 88.9 cm³/mol. The second-order valence-corrected chi connectivity index (χ2v) is 7.32. The molecule has 3 rings (SSSR count). The van der Waals surface area contributed by atoms with Gasteiger partial charge in [0.2, 0.25) is 0 Å². The van der Waals surface area contributed by atoms with Crippen LogP contribution in [-0.4, -0.2) is 39.5 Å². The zero-order valence-corrected chi connectivity index (χ0v) is 13.7. The minimum Gasteiger partial charge on any atom is -0.305 e. The fourth-order valence-electron chi connectivity index (χ4n) is 2.44. The summed E-state index contributed by atoms with van der Waals surface area (Å²) < 4.78 is 0. The Hall–Kier alpha value is -1.89. The zero-order valence-electron chi connectivity index (χ0n) is 12.9. The molecule has 22 heavy (non-hydrogen) atoms. The first-order valence-electron chi connectivity index (χ1n) is 7.24. The Bertz CT molecular complexity index is 691. The second kappa shape index (κ2) is 5.39. The molecule has 0 fully saturated rings. The van der Waals surface area contributed by atoms with Gasteiger partial charge in [-0.1, -0.05) is 11.8 Å². The van der Waals surface area contributed by atoms with E-state index in [1.807, 2.05) is 20.8 Å². The van der Waals surface area contributed by atoms with Gasteiger partial charge in [0.1, 0.15) is 5.84 Å². The largest absolute Gasteiger partial charge is 0.305 e. The number of aliphatic imine (C=N–C) groups is 2. The highest BCUT2D eigenvalue weighted by molar-refractivity contribution is 8.14. The lowest BCUT2D eigenvalue weighted by Gasteiger charge is -2.35. The summed E-state index contributed by atoms with van der Waals surface area (Å²) in [6, 6.07) is 4.96. The average Bonchev–Trinajstić information content (AvgIpc) is 2.45. The molecule has 116 valence electrons. The topological polar surface area (TPSA) is 71.1 Å². The first kappa shape index (κ1) is 15.0. The summed E-state index contributed by atoms with van der Waals surface area (Å²) in [5.74, 6) is 0.887. The van der Waals surface area contributed by atoms with Gasteiger partial charge in [0.25, 0.3) is 5.69 Å². The van der Waals surface area contributed by atoms with E-state index < -0.39 is 0 Å². The molecule has 0 aliphatic carbocycles. The minimum absolute atomic E-state index is 0.103. The fraction of sp³-hybridized carbons (Fsp3) is 0.467. The number of non-ortho nitro benzene ring substituents is 1. The Morgan fingerprint density at radius 3 is 2.86 bits per heavy atom. The molecule has 0 atom stereocenters. The van der Waals surface area contributed by atoms with Crippen molar-refractivity contribution in [2.75, 3.05) is 13.1 Å². The molecule has 0 bridgehead atoms. The predicted octanol–water partition coefficient (Wildman–Crippen LogP) is 3.31. The van der Waals surface area contributed by atoms with Crippen molar-refractivity contribution in [3.05, 3.63) is 33.9 Å². The van der Waals surface area contributed by atoms with Crippen molar-refractivity contribution >= 4 is 28.5 Å². The van der Waals surface area contributed by atoms with Crippen molar-refractivity contribution in [1.82, 2.24) is 4.90 Å². The van der Waals surface area contributed by atoms with E-state index >= 15 is 0 Å². The van der Waals surface area contributed by atoms with Crippen molar-refractivity contribution in [3.8, 4) is 0 Å². The van der Waals surface area contributed by atoms with Crippen LogP contribution < -0.4 is 0 Å². The van der Waals surface area contributed by atoms with Gasteiger partial charge >= 0.3 is 0 Å². The van der Waals surface area contributed by atoms with Crippen LogP contribution in [0.1, 0.15) is 32.8 Å². The van der Waals surface area contributed by atoms with Crippen LogP contribution in [0.5, 0.6) is 0 Å². The van der Waals surface area contributed by atoms with E-state index in [1.165, 1.54) is 11.8 Å². The number of rotatable bonds is 1. The summed E-state index contributed by atoms with van der Waals surface area (Å²) in [4.78, 5) is 23.0. The smallest absolute Gasteiger partial charge is 0.270 e. The maximum absolute atomic E-state index is 11.0. The molecule has 0 aromatic heterocycles. The number of fused-ring (bicyclic) bond motifs is 3. The molecule has 0 radical (unpaired) electrons. The summed E-state index contributed by atoms with van der Waals surface area (Å²) >= 11 is 1.49. The highest BCUT2D eigenvalue weighted by Gasteiger charge is 2.32. The SMILES string of the molecule is CC(C)(C)N=C1Sc2cc([N+](=O)[O-])ccc2C2=NCCCN12. The molecular formula is C15H18N4O2S. The monoisotopic (exact) mass is 318 g/mol. The lowest BCUT2D eigenvalue weighted by Crippen LogP contribution is -2.43.